The van der Waals surface area contributed by atoms with E-state index in [0.29, 0.717) is 11.6 Å². The van der Waals surface area contributed by atoms with Crippen LogP contribution in [-0.2, 0) is 14.5 Å². The highest BCUT2D eigenvalue weighted by molar-refractivity contribution is 7.94. The van der Waals surface area contributed by atoms with Gasteiger partial charge in [-0.15, -0.1) is 0 Å². The number of halogens is 1. The summed E-state index contributed by atoms with van der Waals surface area (Å²) in [6, 6.07) is 13.1. The molecule has 2 aromatic carbocycles. The molecule has 0 bridgehead atoms. The lowest BCUT2D eigenvalue weighted by atomic mass is 9.86. The van der Waals surface area contributed by atoms with Crippen LogP contribution in [0.15, 0.2) is 52.5 Å². The van der Waals surface area contributed by atoms with Gasteiger partial charge in [0.25, 0.3) is 0 Å². The average molecular weight is 405 g/mol. The van der Waals surface area contributed by atoms with E-state index in [4.69, 9.17) is 20.6 Å². The Morgan fingerprint density at radius 1 is 1.22 bits per heavy atom. The van der Waals surface area contributed by atoms with Crippen LogP contribution < -0.4 is 10.1 Å². The fraction of sp³-hybridized carbons (Fsp3) is 0.300. The second-order valence-corrected chi connectivity index (χ2v) is 7.90. The molecule has 0 aromatic heterocycles. The Balaban J connectivity index is 1.37. The third-order valence-electron chi connectivity index (χ3n) is 4.29. The number of hydrogen-bond acceptors (Lipinski definition) is 5. The maximum atomic E-state index is 12.0. The van der Waals surface area contributed by atoms with Crippen molar-refractivity contribution in [3.63, 3.8) is 0 Å². The summed E-state index contributed by atoms with van der Waals surface area (Å²) in [5.74, 6) is 0.784. The maximum Gasteiger partial charge on any atom is 0.234 e. The minimum atomic E-state index is -0.527. The van der Waals surface area contributed by atoms with Gasteiger partial charge in [0, 0.05) is 16.9 Å². The highest BCUT2D eigenvalue weighted by Gasteiger charge is 2.38. The van der Waals surface area contributed by atoms with Crippen molar-refractivity contribution >= 4 is 41.5 Å². The number of carbonyl (C=O) groups is 1. The zero-order chi connectivity index (χ0) is 19.3. The SMILES string of the molecule is CC1(C)C(=O)Nc2ccc(OCCCC=NOSc3ccc(Cl)cc3)cc21. The number of unbranched alkanes of at least 4 members (excludes halogenated alkanes) is 1. The van der Waals surface area contributed by atoms with Crippen molar-refractivity contribution in [1.29, 1.82) is 0 Å². The molecule has 1 amide bonds. The molecule has 0 unspecified atom stereocenters. The van der Waals surface area contributed by atoms with Crippen LogP contribution in [-0.4, -0.2) is 18.7 Å². The minimum Gasteiger partial charge on any atom is -0.494 e. The Hall–Kier alpha value is -2.18. The molecular weight excluding hydrogens is 384 g/mol. The van der Waals surface area contributed by atoms with Crippen molar-refractivity contribution < 1.29 is 13.8 Å². The van der Waals surface area contributed by atoms with Crippen molar-refractivity contribution in [2.24, 2.45) is 5.16 Å². The predicted molar refractivity (Wildman–Crippen MR) is 110 cm³/mol. The molecule has 1 aliphatic heterocycles. The first kappa shape index (κ1) is 19.6. The van der Waals surface area contributed by atoms with Gasteiger partial charge < -0.3 is 14.3 Å². The largest absolute Gasteiger partial charge is 0.494 e. The standard InChI is InChI=1S/C20H21ClN2O3S/c1-20(2)17-13-15(7-10-18(17)23-19(20)24)25-12-4-3-11-22-26-27-16-8-5-14(21)6-9-16/h5-11,13H,3-4,12H2,1-2H3,(H,23,24). The summed E-state index contributed by atoms with van der Waals surface area (Å²) in [5.41, 5.74) is 1.31. The lowest BCUT2D eigenvalue weighted by Gasteiger charge is -2.16. The molecule has 1 N–H and O–H groups in total. The van der Waals surface area contributed by atoms with Crippen molar-refractivity contribution in [2.75, 3.05) is 11.9 Å². The number of oxime groups is 1. The molecule has 1 aliphatic rings. The van der Waals surface area contributed by atoms with Gasteiger partial charge in [-0.1, -0.05) is 16.8 Å². The van der Waals surface area contributed by atoms with Crippen LogP contribution in [0.3, 0.4) is 0 Å². The maximum absolute atomic E-state index is 12.0. The van der Waals surface area contributed by atoms with Crippen LogP contribution in [0.1, 0.15) is 32.3 Å². The summed E-state index contributed by atoms with van der Waals surface area (Å²) >= 11 is 7.01. The molecule has 0 spiro atoms. The van der Waals surface area contributed by atoms with Crippen LogP contribution in [0.4, 0.5) is 5.69 Å². The topological polar surface area (TPSA) is 59.9 Å². The minimum absolute atomic E-state index is 0.0160. The van der Waals surface area contributed by atoms with Gasteiger partial charge in [0.1, 0.15) is 17.8 Å². The highest BCUT2D eigenvalue weighted by Crippen LogP contribution is 2.39. The molecular formula is C20H21ClN2O3S. The van der Waals surface area contributed by atoms with Crippen LogP contribution in [0.2, 0.25) is 5.02 Å². The van der Waals surface area contributed by atoms with E-state index in [9.17, 15) is 4.79 Å². The molecule has 0 aliphatic carbocycles. The Morgan fingerprint density at radius 3 is 2.78 bits per heavy atom. The second kappa shape index (κ2) is 8.67. The van der Waals surface area contributed by atoms with E-state index in [-0.39, 0.29) is 5.91 Å². The molecule has 5 nitrogen and oxygen atoms in total. The molecule has 0 saturated carbocycles. The number of carbonyl (C=O) groups excluding carboxylic acids is 1. The molecule has 2 aromatic rings. The summed E-state index contributed by atoms with van der Waals surface area (Å²) in [4.78, 5) is 12.9. The van der Waals surface area contributed by atoms with Crippen molar-refractivity contribution in [1.82, 2.24) is 0 Å². The smallest absolute Gasteiger partial charge is 0.234 e. The number of nitrogens with one attached hydrogen (secondary N) is 1. The Labute approximate surface area is 168 Å². The van der Waals surface area contributed by atoms with Crippen LogP contribution in [0.5, 0.6) is 5.75 Å². The molecule has 0 atom stereocenters. The molecule has 1 heterocycles. The summed E-state index contributed by atoms with van der Waals surface area (Å²) in [6.07, 6.45) is 3.29. The van der Waals surface area contributed by atoms with E-state index in [1.54, 1.807) is 18.3 Å². The van der Waals surface area contributed by atoms with E-state index < -0.39 is 5.41 Å². The van der Waals surface area contributed by atoms with E-state index in [0.717, 1.165) is 34.7 Å². The lowest BCUT2D eigenvalue weighted by molar-refractivity contribution is -0.119. The summed E-state index contributed by atoms with van der Waals surface area (Å²) in [5, 5.41) is 7.50. The van der Waals surface area contributed by atoms with E-state index >= 15 is 0 Å². The van der Waals surface area contributed by atoms with Crippen molar-refractivity contribution in [3.8, 4) is 5.75 Å². The van der Waals surface area contributed by atoms with Crippen LogP contribution in [0, 0.1) is 0 Å². The number of benzene rings is 2. The second-order valence-electron chi connectivity index (χ2n) is 6.68. The fourth-order valence-corrected chi connectivity index (χ4v) is 3.21. The summed E-state index contributed by atoms with van der Waals surface area (Å²) < 4.78 is 11.0. The van der Waals surface area contributed by atoms with E-state index in [1.807, 2.05) is 44.2 Å². The van der Waals surface area contributed by atoms with Gasteiger partial charge in [-0.05, 0) is 74.7 Å². The third kappa shape index (κ3) is 4.96. The molecule has 27 heavy (non-hydrogen) atoms. The van der Waals surface area contributed by atoms with Crippen molar-refractivity contribution in [3.05, 3.63) is 53.1 Å². The first-order valence-corrected chi connectivity index (χ1v) is 9.78. The van der Waals surface area contributed by atoms with Gasteiger partial charge in [0.05, 0.1) is 16.9 Å². The summed E-state index contributed by atoms with van der Waals surface area (Å²) in [7, 11) is 0. The zero-order valence-corrected chi connectivity index (χ0v) is 16.8. The number of hydrogen-bond donors (Lipinski definition) is 1. The van der Waals surface area contributed by atoms with E-state index in [1.165, 1.54) is 12.0 Å². The number of ether oxygens (including phenoxy) is 1. The Bertz CT molecular complexity index is 838. The normalized spacial score (nSPS) is 14.9. The zero-order valence-electron chi connectivity index (χ0n) is 15.2. The highest BCUT2D eigenvalue weighted by atomic mass is 35.5. The van der Waals surface area contributed by atoms with Gasteiger partial charge in [-0.25, -0.2) is 0 Å². The predicted octanol–water partition coefficient (Wildman–Crippen LogP) is 5.44. The Kier molecular flexibility index (Phi) is 6.29. The lowest BCUT2D eigenvalue weighted by Crippen LogP contribution is -2.26. The number of amides is 1. The van der Waals surface area contributed by atoms with Gasteiger partial charge in [-0.2, -0.15) is 0 Å². The third-order valence-corrected chi connectivity index (χ3v) is 5.17. The quantitative estimate of drug-likeness (QED) is 0.275. The van der Waals surface area contributed by atoms with Gasteiger partial charge in [0.15, 0.2) is 0 Å². The average Bonchev–Trinajstić information content (AvgIpc) is 2.88. The number of anilines is 1. The van der Waals surface area contributed by atoms with Gasteiger partial charge >= 0.3 is 0 Å². The molecule has 0 radical (unpaired) electrons. The Morgan fingerprint density at radius 2 is 2.00 bits per heavy atom. The number of nitrogens with zero attached hydrogens (tertiary/aromatic N) is 1. The van der Waals surface area contributed by atoms with E-state index in [2.05, 4.69) is 10.5 Å². The summed E-state index contributed by atoms with van der Waals surface area (Å²) in [6.45, 7) is 4.39. The molecule has 0 saturated heterocycles. The van der Waals surface area contributed by atoms with Gasteiger partial charge in [0.2, 0.25) is 5.91 Å². The van der Waals surface area contributed by atoms with Crippen LogP contribution in [0.25, 0.3) is 0 Å². The molecule has 142 valence electrons. The monoisotopic (exact) mass is 404 g/mol. The van der Waals surface area contributed by atoms with Gasteiger partial charge in [-0.3, -0.25) is 4.79 Å². The first-order valence-electron chi connectivity index (χ1n) is 8.67. The fourth-order valence-electron chi connectivity index (χ4n) is 2.64. The number of fused-ring (bicyclic) bond motifs is 1. The first-order chi connectivity index (χ1) is 13.0. The molecule has 3 rings (SSSR count). The van der Waals surface area contributed by atoms with Crippen molar-refractivity contribution in [2.45, 2.75) is 37.0 Å². The molecule has 0 fully saturated rings. The number of rotatable bonds is 8. The molecule has 7 heteroatoms. The van der Waals surface area contributed by atoms with Crippen LogP contribution >= 0.6 is 23.6 Å².